The summed E-state index contributed by atoms with van der Waals surface area (Å²) in [5.74, 6) is -0.208. The van der Waals surface area contributed by atoms with E-state index in [1.165, 1.54) is 0 Å². The summed E-state index contributed by atoms with van der Waals surface area (Å²) < 4.78 is 0. The van der Waals surface area contributed by atoms with Gasteiger partial charge in [-0.1, -0.05) is 60.2 Å². The summed E-state index contributed by atoms with van der Waals surface area (Å²) in [6.45, 7) is 1.95. The smallest absolute Gasteiger partial charge is 0.267 e. The van der Waals surface area contributed by atoms with E-state index in [4.69, 9.17) is 0 Å². The molecule has 3 aromatic rings. The van der Waals surface area contributed by atoms with Gasteiger partial charge in [0.1, 0.15) is 0 Å². The second-order valence-corrected chi connectivity index (χ2v) is 5.14. The normalized spacial score (nSPS) is 11.0. The third-order valence-electron chi connectivity index (χ3n) is 3.47. The molecule has 3 heteroatoms. The van der Waals surface area contributed by atoms with Crippen molar-refractivity contribution < 1.29 is 4.79 Å². The fraction of sp³-hybridized carbons (Fsp3) is 0.0526. The van der Waals surface area contributed by atoms with Crippen LogP contribution in [0.3, 0.4) is 0 Å². The van der Waals surface area contributed by atoms with E-state index in [0.29, 0.717) is 5.56 Å². The fourth-order valence-electron chi connectivity index (χ4n) is 2.37. The van der Waals surface area contributed by atoms with Gasteiger partial charge in [-0.25, -0.2) is 5.43 Å². The van der Waals surface area contributed by atoms with Gasteiger partial charge in [0.2, 0.25) is 0 Å². The summed E-state index contributed by atoms with van der Waals surface area (Å²) in [7, 11) is 0. The van der Waals surface area contributed by atoms with Gasteiger partial charge in [0, 0.05) is 11.1 Å². The van der Waals surface area contributed by atoms with Crippen LogP contribution in [0.4, 0.5) is 0 Å². The van der Waals surface area contributed by atoms with Crippen LogP contribution in [0.2, 0.25) is 0 Å². The third-order valence-corrected chi connectivity index (χ3v) is 3.47. The van der Waals surface area contributed by atoms with E-state index < -0.39 is 0 Å². The summed E-state index contributed by atoms with van der Waals surface area (Å²) in [5.41, 5.74) is 5.20. The zero-order valence-corrected chi connectivity index (χ0v) is 12.3. The van der Waals surface area contributed by atoms with Crippen molar-refractivity contribution in [2.75, 3.05) is 0 Å². The van der Waals surface area contributed by atoms with Gasteiger partial charge in [0.15, 0.2) is 0 Å². The van der Waals surface area contributed by atoms with Crippen molar-refractivity contribution >= 4 is 22.9 Å². The first kappa shape index (κ1) is 14.0. The Kier molecular flexibility index (Phi) is 3.97. The van der Waals surface area contributed by atoms with Crippen molar-refractivity contribution in [1.82, 2.24) is 5.43 Å². The van der Waals surface area contributed by atoms with Crippen LogP contribution >= 0.6 is 0 Å². The molecular formula is C19H16N2O. The molecule has 3 rings (SSSR count). The molecule has 0 saturated heterocycles. The number of nitrogens with one attached hydrogen (secondary N) is 1. The van der Waals surface area contributed by atoms with E-state index in [1.54, 1.807) is 12.3 Å². The Labute approximate surface area is 129 Å². The number of carbonyl (C=O) groups is 1. The van der Waals surface area contributed by atoms with E-state index in [9.17, 15) is 4.79 Å². The maximum Gasteiger partial charge on any atom is 0.271 e. The SMILES string of the molecule is Cc1cccc(C(=O)NN=Cc2cccc3ccccc23)c1. The van der Waals surface area contributed by atoms with Crippen LogP contribution in [0.25, 0.3) is 10.8 Å². The zero-order chi connectivity index (χ0) is 15.4. The Morgan fingerprint density at radius 3 is 2.64 bits per heavy atom. The minimum absolute atomic E-state index is 0.208. The molecular weight excluding hydrogens is 272 g/mol. The van der Waals surface area contributed by atoms with E-state index in [-0.39, 0.29) is 5.91 Å². The average molecular weight is 288 g/mol. The highest BCUT2D eigenvalue weighted by molar-refractivity contribution is 6.00. The summed E-state index contributed by atoms with van der Waals surface area (Å²) in [6.07, 6.45) is 1.68. The van der Waals surface area contributed by atoms with Crippen LogP contribution in [0.1, 0.15) is 21.5 Å². The van der Waals surface area contributed by atoms with Crippen LogP contribution in [0.5, 0.6) is 0 Å². The van der Waals surface area contributed by atoms with Crippen molar-refractivity contribution in [2.24, 2.45) is 5.10 Å². The van der Waals surface area contributed by atoms with Gasteiger partial charge in [0.05, 0.1) is 6.21 Å². The summed E-state index contributed by atoms with van der Waals surface area (Å²) >= 11 is 0. The molecule has 0 aliphatic heterocycles. The highest BCUT2D eigenvalue weighted by Crippen LogP contribution is 2.16. The van der Waals surface area contributed by atoms with Crippen molar-refractivity contribution in [2.45, 2.75) is 6.92 Å². The molecule has 0 unspecified atom stereocenters. The van der Waals surface area contributed by atoms with Gasteiger partial charge in [-0.2, -0.15) is 5.10 Å². The number of hydrogen-bond donors (Lipinski definition) is 1. The second kappa shape index (κ2) is 6.22. The number of rotatable bonds is 3. The average Bonchev–Trinajstić information content (AvgIpc) is 2.55. The Hall–Kier alpha value is -2.94. The molecule has 0 aliphatic rings. The number of carbonyl (C=O) groups excluding carboxylic acids is 1. The van der Waals surface area contributed by atoms with E-state index in [2.05, 4.69) is 22.7 Å². The highest BCUT2D eigenvalue weighted by atomic mass is 16.2. The molecule has 3 aromatic carbocycles. The standard InChI is InChI=1S/C19H16N2O/c1-14-6-4-9-16(12-14)19(22)21-20-13-17-10-5-8-15-7-2-3-11-18(15)17/h2-13H,1H3,(H,21,22). The predicted molar refractivity (Wildman–Crippen MR) is 90.2 cm³/mol. The lowest BCUT2D eigenvalue weighted by molar-refractivity contribution is 0.0955. The van der Waals surface area contributed by atoms with Gasteiger partial charge in [-0.3, -0.25) is 4.79 Å². The number of benzene rings is 3. The molecule has 108 valence electrons. The zero-order valence-electron chi connectivity index (χ0n) is 12.3. The molecule has 0 atom stereocenters. The molecule has 3 nitrogen and oxygen atoms in total. The molecule has 0 heterocycles. The lowest BCUT2D eigenvalue weighted by Crippen LogP contribution is -2.17. The lowest BCUT2D eigenvalue weighted by atomic mass is 10.1. The first-order chi connectivity index (χ1) is 10.7. The molecule has 22 heavy (non-hydrogen) atoms. The van der Waals surface area contributed by atoms with Gasteiger partial charge >= 0.3 is 0 Å². The minimum Gasteiger partial charge on any atom is -0.267 e. The van der Waals surface area contributed by atoms with Gasteiger partial charge in [-0.15, -0.1) is 0 Å². The predicted octanol–water partition coefficient (Wildman–Crippen LogP) is 3.91. The Morgan fingerprint density at radius 2 is 1.77 bits per heavy atom. The molecule has 0 radical (unpaired) electrons. The topological polar surface area (TPSA) is 41.5 Å². The lowest BCUT2D eigenvalue weighted by Gasteiger charge is -2.02. The van der Waals surface area contributed by atoms with Crippen molar-refractivity contribution in [3.05, 3.63) is 83.4 Å². The summed E-state index contributed by atoms with van der Waals surface area (Å²) in [6, 6.07) is 21.5. The van der Waals surface area contributed by atoms with Crippen LogP contribution in [-0.2, 0) is 0 Å². The van der Waals surface area contributed by atoms with Gasteiger partial charge in [-0.05, 0) is 29.8 Å². The van der Waals surface area contributed by atoms with E-state index in [1.807, 2.05) is 55.5 Å². The Morgan fingerprint density at radius 1 is 1.00 bits per heavy atom. The molecule has 1 amide bonds. The van der Waals surface area contributed by atoms with Gasteiger partial charge in [0.25, 0.3) is 5.91 Å². The first-order valence-corrected chi connectivity index (χ1v) is 7.12. The third kappa shape index (κ3) is 3.04. The number of hydrazone groups is 1. The first-order valence-electron chi connectivity index (χ1n) is 7.12. The molecule has 0 spiro atoms. The molecule has 0 bridgehead atoms. The molecule has 0 fully saturated rings. The number of fused-ring (bicyclic) bond motifs is 1. The summed E-state index contributed by atoms with van der Waals surface area (Å²) in [5, 5.41) is 6.33. The Bertz CT molecular complexity index is 847. The van der Waals surface area contributed by atoms with Crippen LogP contribution in [0.15, 0.2) is 71.8 Å². The van der Waals surface area contributed by atoms with Gasteiger partial charge < -0.3 is 0 Å². The van der Waals surface area contributed by atoms with E-state index in [0.717, 1.165) is 21.9 Å². The van der Waals surface area contributed by atoms with Crippen LogP contribution in [0, 0.1) is 6.92 Å². The van der Waals surface area contributed by atoms with Crippen molar-refractivity contribution in [3.63, 3.8) is 0 Å². The summed E-state index contributed by atoms with van der Waals surface area (Å²) in [4.78, 5) is 12.0. The number of aryl methyl sites for hydroxylation is 1. The molecule has 0 aliphatic carbocycles. The van der Waals surface area contributed by atoms with Crippen molar-refractivity contribution in [1.29, 1.82) is 0 Å². The quantitative estimate of drug-likeness (QED) is 0.576. The maximum absolute atomic E-state index is 12.0. The largest absolute Gasteiger partial charge is 0.271 e. The minimum atomic E-state index is -0.208. The second-order valence-electron chi connectivity index (χ2n) is 5.14. The monoisotopic (exact) mass is 288 g/mol. The highest BCUT2D eigenvalue weighted by Gasteiger charge is 2.03. The number of hydrogen-bond acceptors (Lipinski definition) is 2. The molecule has 1 N–H and O–H groups in total. The van der Waals surface area contributed by atoms with Crippen LogP contribution < -0.4 is 5.43 Å². The molecule has 0 saturated carbocycles. The number of amides is 1. The number of nitrogens with zero attached hydrogens (tertiary/aromatic N) is 1. The Balaban J connectivity index is 1.78. The van der Waals surface area contributed by atoms with Crippen molar-refractivity contribution in [3.8, 4) is 0 Å². The van der Waals surface area contributed by atoms with E-state index >= 15 is 0 Å². The maximum atomic E-state index is 12.0. The fourth-order valence-corrected chi connectivity index (χ4v) is 2.37. The van der Waals surface area contributed by atoms with Crippen LogP contribution in [-0.4, -0.2) is 12.1 Å². The molecule has 0 aromatic heterocycles.